The number of phosphoric ester groups is 2. The fourth-order valence-corrected chi connectivity index (χ4v) is 9.15. The number of ether oxygens (including phenoxy) is 3. The third-order valence-corrected chi connectivity index (χ3v) is 14.1. The minimum Gasteiger partial charge on any atom is -0.463 e. The summed E-state index contributed by atoms with van der Waals surface area (Å²) < 4.78 is 60.6. The molecule has 0 aliphatic carbocycles. The lowest BCUT2D eigenvalue weighted by Gasteiger charge is -2.21. The van der Waals surface area contributed by atoms with Crippen LogP contribution < -0.4 is 0 Å². The molecule has 0 aromatic carbocycles. The number of allylic oxidation sites excluding steroid dienone is 16. The van der Waals surface area contributed by atoms with Gasteiger partial charge in [0, 0.05) is 19.3 Å². The van der Waals surface area contributed by atoms with Crippen molar-refractivity contribution in [2.75, 3.05) is 39.6 Å². The van der Waals surface area contributed by atoms with Crippen LogP contribution in [0.4, 0.5) is 0 Å². The molecule has 0 aliphatic rings. The van der Waals surface area contributed by atoms with Crippen LogP contribution in [0.2, 0.25) is 0 Å². The van der Waals surface area contributed by atoms with Gasteiger partial charge in [-0.1, -0.05) is 189 Å². The minimum absolute atomic E-state index is 0.0834. The van der Waals surface area contributed by atoms with E-state index in [-0.39, 0.29) is 19.3 Å². The number of esters is 3. The van der Waals surface area contributed by atoms with E-state index in [0.717, 1.165) is 148 Å². The lowest BCUT2D eigenvalue weighted by Crippen LogP contribution is -2.30. The molecule has 81 heavy (non-hydrogen) atoms. The van der Waals surface area contributed by atoms with Gasteiger partial charge in [0.05, 0.1) is 26.4 Å². The maximum absolute atomic E-state index is 12.8. The number of aliphatic hydroxyl groups excluding tert-OH is 2. The van der Waals surface area contributed by atoms with Gasteiger partial charge in [-0.05, 0) is 116 Å². The van der Waals surface area contributed by atoms with E-state index in [1.165, 1.54) is 19.3 Å². The van der Waals surface area contributed by atoms with E-state index in [0.29, 0.717) is 19.3 Å². The van der Waals surface area contributed by atoms with E-state index in [2.05, 4.69) is 118 Å². The molecule has 0 radical (unpaired) electrons. The van der Waals surface area contributed by atoms with Gasteiger partial charge in [-0.3, -0.25) is 32.5 Å². The van der Waals surface area contributed by atoms with Crippen molar-refractivity contribution in [3.8, 4) is 0 Å². The standard InChI is InChI=1S/C63H108O16P2/c1-4-7-10-13-16-19-22-25-27-28-30-33-34-37-40-43-46-49-61(66)73-52-58(64)53-75-80(69,70)76-54-59(65)55-77-81(71,72)78-57-60(79-63(68)51-48-45-42-39-36-31-24-21-18-15-12-9-6-3)56-74-62(67)50-47-44-41-38-35-32-29-26-23-20-17-14-11-8-5-2/h7,10,12,15-17,19-21,24-27,29-30,33,58-60,64-65H,4-6,8-9,11,13-14,18,22-23,28,31-32,34-57H2,1-3H3,(H,69,70)(H,71,72)/b10-7-,15-12-,19-16-,20-17-,24-21-,27-25-,29-26-,33-30-. The summed E-state index contributed by atoms with van der Waals surface area (Å²) in [6, 6.07) is 0. The number of aliphatic hydroxyl groups is 2. The second-order valence-corrected chi connectivity index (χ2v) is 23.0. The molecule has 0 aromatic rings. The van der Waals surface area contributed by atoms with Crippen LogP contribution in [0.15, 0.2) is 97.2 Å². The molecule has 0 saturated carbocycles. The van der Waals surface area contributed by atoms with Crippen molar-refractivity contribution in [3.63, 3.8) is 0 Å². The Morgan fingerprint density at radius 2 is 0.679 bits per heavy atom. The normalized spacial score (nSPS) is 15.1. The minimum atomic E-state index is -4.93. The Morgan fingerprint density at radius 3 is 1.09 bits per heavy atom. The Balaban J connectivity index is 4.72. The van der Waals surface area contributed by atoms with E-state index in [9.17, 15) is 43.5 Å². The van der Waals surface area contributed by atoms with E-state index in [1.807, 2.05) is 0 Å². The van der Waals surface area contributed by atoms with Gasteiger partial charge >= 0.3 is 33.6 Å². The predicted octanol–water partition coefficient (Wildman–Crippen LogP) is 16.0. The van der Waals surface area contributed by atoms with Gasteiger partial charge in [0.2, 0.25) is 0 Å². The summed E-state index contributed by atoms with van der Waals surface area (Å²) in [5, 5.41) is 20.5. The first kappa shape index (κ1) is 77.5. The quantitative estimate of drug-likeness (QED) is 0.0146. The van der Waals surface area contributed by atoms with Crippen LogP contribution in [-0.4, -0.2) is 95.9 Å². The summed E-state index contributed by atoms with van der Waals surface area (Å²) in [5.41, 5.74) is 0. The van der Waals surface area contributed by atoms with Crippen molar-refractivity contribution >= 4 is 33.6 Å². The number of hydrogen-bond donors (Lipinski definition) is 4. The van der Waals surface area contributed by atoms with E-state index < -0.39 is 91.5 Å². The number of carbonyl (C=O) groups excluding carboxylic acids is 3. The Morgan fingerprint density at radius 1 is 0.358 bits per heavy atom. The summed E-state index contributed by atoms with van der Waals surface area (Å²) in [7, 11) is -9.78. The molecule has 0 heterocycles. The second-order valence-electron chi connectivity index (χ2n) is 20.1. The summed E-state index contributed by atoms with van der Waals surface area (Å²) in [6.45, 7) is 2.37. The molecule has 0 amide bonds. The molecule has 18 heteroatoms. The number of phosphoric acid groups is 2. The fraction of sp³-hybridized carbons (Fsp3) is 0.698. The van der Waals surface area contributed by atoms with Crippen molar-refractivity contribution in [1.82, 2.24) is 0 Å². The molecule has 0 spiro atoms. The maximum atomic E-state index is 12.8. The molecule has 4 N–H and O–H groups in total. The first-order valence-electron chi connectivity index (χ1n) is 30.5. The molecule has 16 nitrogen and oxygen atoms in total. The Bertz CT molecular complexity index is 1870. The summed E-state index contributed by atoms with van der Waals surface area (Å²) in [6.07, 6.45) is 59.0. The zero-order valence-corrected chi connectivity index (χ0v) is 51.7. The molecular weight excluding hydrogens is 1070 g/mol. The SMILES string of the molecule is CC/C=C\C/C=C\C/C=C\C/C=C\CCCCCCC(=O)OCC(O)COP(=O)(O)OCC(O)COP(=O)(O)OCC(COC(=O)CCCCCCC/C=C\C/C=C\CCCCC)OC(=O)CCCCCCC/C=C\C/C=C\CCC. The van der Waals surface area contributed by atoms with Crippen LogP contribution in [0.5, 0.6) is 0 Å². The van der Waals surface area contributed by atoms with E-state index >= 15 is 0 Å². The highest BCUT2D eigenvalue weighted by Gasteiger charge is 2.29. The predicted molar refractivity (Wildman–Crippen MR) is 325 cm³/mol. The fourth-order valence-electron chi connectivity index (χ4n) is 7.57. The molecular formula is C63H108O16P2. The maximum Gasteiger partial charge on any atom is 0.472 e. The van der Waals surface area contributed by atoms with E-state index in [4.69, 9.17) is 32.3 Å². The Kier molecular flexibility index (Phi) is 54.4. The van der Waals surface area contributed by atoms with Crippen LogP contribution in [0.25, 0.3) is 0 Å². The van der Waals surface area contributed by atoms with Gasteiger partial charge in [0.25, 0.3) is 0 Å². The monoisotopic (exact) mass is 1180 g/mol. The molecule has 5 unspecified atom stereocenters. The van der Waals surface area contributed by atoms with Gasteiger partial charge in [-0.25, -0.2) is 9.13 Å². The molecule has 0 aromatic heterocycles. The Hall–Kier alpha value is -3.53. The smallest absolute Gasteiger partial charge is 0.463 e. The third-order valence-electron chi connectivity index (χ3n) is 12.2. The highest BCUT2D eigenvalue weighted by molar-refractivity contribution is 7.47. The number of hydrogen-bond acceptors (Lipinski definition) is 14. The van der Waals surface area contributed by atoms with Gasteiger partial charge in [-0.2, -0.15) is 0 Å². The van der Waals surface area contributed by atoms with Gasteiger partial charge in [-0.15, -0.1) is 0 Å². The highest BCUT2D eigenvalue weighted by Crippen LogP contribution is 2.45. The highest BCUT2D eigenvalue weighted by atomic mass is 31.2. The Labute approximate surface area is 488 Å². The average Bonchev–Trinajstić information content (AvgIpc) is 3.44. The van der Waals surface area contributed by atoms with Crippen molar-refractivity contribution in [2.45, 2.75) is 245 Å². The van der Waals surface area contributed by atoms with Gasteiger partial charge < -0.3 is 34.2 Å². The van der Waals surface area contributed by atoms with Crippen LogP contribution in [0.1, 0.15) is 226 Å². The molecule has 0 aliphatic heterocycles. The molecule has 466 valence electrons. The molecule has 0 rings (SSSR count). The zero-order chi connectivity index (χ0) is 59.6. The third kappa shape index (κ3) is 58.1. The largest absolute Gasteiger partial charge is 0.472 e. The first-order chi connectivity index (χ1) is 39.2. The van der Waals surface area contributed by atoms with Crippen molar-refractivity contribution in [1.29, 1.82) is 0 Å². The lowest BCUT2D eigenvalue weighted by atomic mass is 10.1. The summed E-state index contributed by atoms with van der Waals surface area (Å²) in [4.78, 5) is 58.1. The van der Waals surface area contributed by atoms with Gasteiger partial charge in [0.1, 0.15) is 25.4 Å². The topological polar surface area (TPSA) is 231 Å². The van der Waals surface area contributed by atoms with Crippen LogP contribution in [0, 0.1) is 0 Å². The summed E-state index contributed by atoms with van der Waals surface area (Å²) >= 11 is 0. The lowest BCUT2D eigenvalue weighted by molar-refractivity contribution is -0.161. The van der Waals surface area contributed by atoms with Crippen molar-refractivity contribution in [2.24, 2.45) is 0 Å². The zero-order valence-electron chi connectivity index (χ0n) is 49.9. The summed E-state index contributed by atoms with van der Waals surface area (Å²) in [5.74, 6) is -1.63. The van der Waals surface area contributed by atoms with E-state index in [1.54, 1.807) is 0 Å². The van der Waals surface area contributed by atoms with Crippen LogP contribution in [0.3, 0.4) is 0 Å². The number of carbonyl (C=O) groups is 3. The first-order valence-corrected chi connectivity index (χ1v) is 33.5. The number of unbranched alkanes of at least 4 members (excludes halogenated alkanes) is 18. The number of rotatable bonds is 57. The molecule has 5 atom stereocenters. The second kappa shape index (κ2) is 56.9. The average molecular weight is 1180 g/mol. The van der Waals surface area contributed by atoms with Crippen molar-refractivity contribution < 1.29 is 75.8 Å². The van der Waals surface area contributed by atoms with Gasteiger partial charge in [0.15, 0.2) is 6.10 Å². The van der Waals surface area contributed by atoms with Crippen molar-refractivity contribution in [3.05, 3.63) is 97.2 Å². The molecule has 0 saturated heterocycles. The molecule has 0 fully saturated rings. The van der Waals surface area contributed by atoms with Crippen LogP contribution in [-0.2, 0) is 55.8 Å². The van der Waals surface area contributed by atoms with Crippen LogP contribution >= 0.6 is 15.6 Å². The molecule has 0 bridgehead atoms.